The Morgan fingerprint density at radius 3 is 2.87 bits per heavy atom. The van der Waals surface area contributed by atoms with Gasteiger partial charge in [0.1, 0.15) is 0 Å². The smallest absolute Gasteiger partial charge is 0.0408 e. The van der Waals surface area contributed by atoms with Crippen molar-refractivity contribution in [1.82, 2.24) is 5.32 Å². The molecule has 0 aliphatic heterocycles. The van der Waals surface area contributed by atoms with E-state index in [1.807, 2.05) is 12.1 Å². The van der Waals surface area contributed by atoms with Gasteiger partial charge in [0.2, 0.25) is 0 Å². The molecule has 1 aliphatic carbocycles. The van der Waals surface area contributed by atoms with Crippen LogP contribution in [0, 0.1) is 5.92 Å². The lowest BCUT2D eigenvalue weighted by atomic mass is 10.0. The summed E-state index contributed by atoms with van der Waals surface area (Å²) in [7, 11) is 2.05. The molecule has 1 aromatic carbocycles. The predicted molar refractivity (Wildman–Crippen MR) is 65.3 cm³/mol. The molecule has 1 aliphatic rings. The van der Waals surface area contributed by atoms with Crippen LogP contribution in [0.3, 0.4) is 0 Å². The first-order chi connectivity index (χ1) is 7.28. The summed E-state index contributed by atoms with van der Waals surface area (Å²) < 4.78 is 0. The molecular weight excluding hydrogens is 206 g/mol. The Balaban J connectivity index is 1.92. The molecule has 0 bridgehead atoms. The SMILES string of the molecule is CNC(Cc1cccc(Cl)c1)CC1CC1. The van der Waals surface area contributed by atoms with E-state index in [2.05, 4.69) is 24.5 Å². The van der Waals surface area contributed by atoms with E-state index in [0.29, 0.717) is 6.04 Å². The normalized spacial score (nSPS) is 17.7. The average molecular weight is 224 g/mol. The Hall–Kier alpha value is -0.530. The van der Waals surface area contributed by atoms with Crippen LogP contribution in [0.25, 0.3) is 0 Å². The van der Waals surface area contributed by atoms with Crippen molar-refractivity contribution in [3.05, 3.63) is 34.9 Å². The minimum absolute atomic E-state index is 0.607. The topological polar surface area (TPSA) is 12.0 Å². The Morgan fingerprint density at radius 1 is 1.47 bits per heavy atom. The third-order valence-corrected chi connectivity index (χ3v) is 3.33. The zero-order chi connectivity index (χ0) is 10.7. The summed E-state index contributed by atoms with van der Waals surface area (Å²) in [5.74, 6) is 0.974. The predicted octanol–water partition coefficient (Wildman–Crippen LogP) is 3.27. The van der Waals surface area contributed by atoms with Gasteiger partial charge in [-0.25, -0.2) is 0 Å². The van der Waals surface area contributed by atoms with Crippen LogP contribution in [-0.2, 0) is 6.42 Å². The fourth-order valence-corrected chi connectivity index (χ4v) is 2.22. The molecular formula is C13H18ClN. The van der Waals surface area contributed by atoms with Gasteiger partial charge in [-0.1, -0.05) is 36.6 Å². The van der Waals surface area contributed by atoms with Crippen LogP contribution >= 0.6 is 11.6 Å². The van der Waals surface area contributed by atoms with Gasteiger partial charge in [-0.3, -0.25) is 0 Å². The van der Waals surface area contributed by atoms with Crippen molar-refractivity contribution < 1.29 is 0 Å². The van der Waals surface area contributed by atoms with Gasteiger partial charge in [-0.05, 0) is 43.5 Å². The molecule has 0 heterocycles. The van der Waals surface area contributed by atoms with Crippen molar-refractivity contribution >= 4 is 11.6 Å². The van der Waals surface area contributed by atoms with E-state index in [0.717, 1.165) is 17.4 Å². The van der Waals surface area contributed by atoms with Gasteiger partial charge < -0.3 is 5.32 Å². The third kappa shape index (κ3) is 3.51. The number of hydrogen-bond donors (Lipinski definition) is 1. The Kier molecular flexibility index (Phi) is 3.66. The lowest BCUT2D eigenvalue weighted by molar-refractivity contribution is 0.490. The molecule has 0 saturated heterocycles. The summed E-state index contributed by atoms with van der Waals surface area (Å²) in [6.07, 6.45) is 5.25. The van der Waals surface area contributed by atoms with E-state index in [-0.39, 0.29) is 0 Å². The van der Waals surface area contributed by atoms with E-state index in [1.165, 1.54) is 24.8 Å². The summed E-state index contributed by atoms with van der Waals surface area (Å²) in [5.41, 5.74) is 1.34. The van der Waals surface area contributed by atoms with Crippen LogP contribution in [0.5, 0.6) is 0 Å². The highest BCUT2D eigenvalue weighted by atomic mass is 35.5. The molecule has 0 radical (unpaired) electrons. The highest BCUT2D eigenvalue weighted by Crippen LogP contribution is 2.34. The molecule has 2 rings (SSSR count). The van der Waals surface area contributed by atoms with Crippen molar-refractivity contribution in [2.45, 2.75) is 31.7 Å². The molecule has 1 N–H and O–H groups in total. The first kappa shape index (κ1) is 11.0. The van der Waals surface area contributed by atoms with Gasteiger partial charge in [-0.15, -0.1) is 0 Å². The second-order valence-electron chi connectivity index (χ2n) is 4.50. The molecule has 1 fully saturated rings. The third-order valence-electron chi connectivity index (χ3n) is 3.09. The first-order valence-corrected chi connectivity index (χ1v) is 6.07. The summed E-state index contributed by atoms with van der Waals surface area (Å²) in [4.78, 5) is 0. The minimum Gasteiger partial charge on any atom is -0.317 e. The first-order valence-electron chi connectivity index (χ1n) is 5.69. The molecule has 15 heavy (non-hydrogen) atoms. The molecule has 1 saturated carbocycles. The van der Waals surface area contributed by atoms with E-state index >= 15 is 0 Å². The fraction of sp³-hybridized carbons (Fsp3) is 0.538. The van der Waals surface area contributed by atoms with E-state index in [1.54, 1.807) is 0 Å². The van der Waals surface area contributed by atoms with Gasteiger partial charge in [0.05, 0.1) is 0 Å². The minimum atomic E-state index is 0.607. The maximum Gasteiger partial charge on any atom is 0.0408 e. The lowest BCUT2D eigenvalue weighted by Crippen LogP contribution is -2.28. The monoisotopic (exact) mass is 223 g/mol. The van der Waals surface area contributed by atoms with Crippen LogP contribution < -0.4 is 5.32 Å². The average Bonchev–Trinajstić information content (AvgIpc) is 3.01. The number of benzene rings is 1. The van der Waals surface area contributed by atoms with Crippen LogP contribution in [0.1, 0.15) is 24.8 Å². The number of rotatable bonds is 5. The van der Waals surface area contributed by atoms with Crippen LogP contribution in [0.2, 0.25) is 5.02 Å². The zero-order valence-corrected chi connectivity index (χ0v) is 9.93. The summed E-state index contributed by atoms with van der Waals surface area (Å²) in [5, 5.41) is 4.24. The molecule has 1 unspecified atom stereocenters. The summed E-state index contributed by atoms with van der Waals surface area (Å²) >= 11 is 5.97. The standard InChI is InChI=1S/C13H18ClN/c1-15-13(8-10-5-6-10)9-11-3-2-4-12(14)7-11/h2-4,7,10,13,15H,5-6,8-9H2,1H3. The van der Waals surface area contributed by atoms with Crippen LogP contribution in [0.4, 0.5) is 0 Å². The van der Waals surface area contributed by atoms with E-state index in [4.69, 9.17) is 11.6 Å². The van der Waals surface area contributed by atoms with Crippen LogP contribution in [-0.4, -0.2) is 13.1 Å². The number of halogens is 1. The Bertz CT molecular complexity index is 320. The number of hydrogen-bond acceptors (Lipinski definition) is 1. The maximum absolute atomic E-state index is 5.97. The van der Waals surface area contributed by atoms with Gasteiger partial charge in [0, 0.05) is 11.1 Å². The van der Waals surface area contributed by atoms with Gasteiger partial charge >= 0.3 is 0 Å². The van der Waals surface area contributed by atoms with E-state index < -0.39 is 0 Å². The highest BCUT2D eigenvalue weighted by molar-refractivity contribution is 6.30. The highest BCUT2D eigenvalue weighted by Gasteiger charge is 2.24. The molecule has 2 heteroatoms. The Morgan fingerprint density at radius 2 is 2.27 bits per heavy atom. The van der Waals surface area contributed by atoms with Gasteiger partial charge in [0.25, 0.3) is 0 Å². The molecule has 0 amide bonds. The molecule has 0 spiro atoms. The number of likely N-dealkylation sites (N-methyl/N-ethyl adjacent to an activating group) is 1. The Labute approximate surface area is 96.8 Å². The van der Waals surface area contributed by atoms with Crippen molar-refractivity contribution in [2.75, 3.05) is 7.05 Å². The molecule has 1 aromatic rings. The molecule has 0 aromatic heterocycles. The van der Waals surface area contributed by atoms with Crippen molar-refractivity contribution in [1.29, 1.82) is 0 Å². The zero-order valence-electron chi connectivity index (χ0n) is 9.17. The molecule has 1 atom stereocenters. The van der Waals surface area contributed by atoms with Crippen LogP contribution in [0.15, 0.2) is 24.3 Å². The lowest BCUT2D eigenvalue weighted by Gasteiger charge is -2.15. The van der Waals surface area contributed by atoms with Gasteiger partial charge in [0.15, 0.2) is 0 Å². The maximum atomic E-state index is 5.97. The quantitative estimate of drug-likeness (QED) is 0.808. The van der Waals surface area contributed by atoms with E-state index in [9.17, 15) is 0 Å². The van der Waals surface area contributed by atoms with Crippen molar-refractivity contribution in [3.63, 3.8) is 0 Å². The largest absolute Gasteiger partial charge is 0.317 e. The summed E-state index contributed by atoms with van der Waals surface area (Å²) in [6.45, 7) is 0. The fourth-order valence-electron chi connectivity index (χ4n) is 2.01. The molecule has 1 nitrogen and oxygen atoms in total. The van der Waals surface area contributed by atoms with Crippen molar-refractivity contribution in [3.8, 4) is 0 Å². The number of nitrogens with one attached hydrogen (secondary N) is 1. The molecule has 82 valence electrons. The van der Waals surface area contributed by atoms with Crippen molar-refractivity contribution in [2.24, 2.45) is 5.92 Å². The summed E-state index contributed by atoms with van der Waals surface area (Å²) in [6, 6.07) is 8.79. The van der Waals surface area contributed by atoms with Gasteiger partial charge in [-0.2, -0.15) is 0 Å². The second kappa shape index (κ2) is 5.00. The second-order valence-corrected chi connectivity index (χ2v) is 4.94.